The molecule has 0 unspecified atom stereocenters. The van der Waals surface area contributed by atoms with E-state index in [0.717, 1.165) is 11.1 Å². The van der Waals surface area contributed by atoms with Gasteiger partial charge in [0.1, 0.15) is 12.4 Å². The van der Waals surface area contributed by atoms with E-state index in [9.17, 15) is 9.59 Å². The predicted molar refractivity (Wildman–Crippen MR) is 128 cm³/mol. The summed E-state index contributed by atoms with van der Waals surface area (Å²) < 4.78 is 12.6. The van der Waals surface area contributed by atoms with Gasteiger partial charge in [-0.15, -0.1) is 6.42 Å². The lowest BCUT2D eigenvalue weighted by atomic mass is 9.95. The Morgan fingerprint density at radius 3 is 2.58 bits per heavy atom. The molecule has 0 N–H and O–H groups in total. The molecule has 0 radical (unpaired) electrons. The maximum atomic E-state index is 13.5. The summed E-state index contributed by atoms with van der Waals surface area (Å²) in [5.74, 6) is 2.60. The van der Waals surface area contributed by atoms with Gasteiger partial charge in [0.25, 0.3) is 5.56 Å². The summed E-state index contributed by atoms with van der Waals surface area (Å²) in [6, 6.07) is 16.2. The molecule has 166 valence electrons. The molecule has 0 fully saturated rings. The van der Waals surface area contributed by atoms with Crippen LogP contribution in [0.1, 0.15) is 30.5 Å². The zero-order valence-electron chi connectivity index (χ0n) is 18.3. The average molecular weight is 459 g/mol. The fraction of sp³-hybridized carbons (Fsp3) is 0.192. The Bertz CT molecular complexity index is 1420. The number of allylic oxidation sites excluding steroid dienone is 1. The van der Waals surface area contributed by atoms with Gasteiger partial charge in [-0.2, -0.15) is 0 Å². The molecule has 3 aromatic rings. The summed E-state index contributed by atoms with van der Waals surface area (Å²) >= 11 is 1.30. The van der Waals surface area contributed by atoms with Crippen molar-refractivity contribution in [2.75, 3.05) is 13.7 Å². The minimum absolute atomic E-state index is 0.194. The highest BCUT2D eigenvalue weighted by molar-refractivity contribution is 7.07. The first-order valence-corrected chi connectivity index (χ1v) is 11.2. The number of hydrogen-bond donors (Lipinski definition) is 0. The molecule has 2 heterocycles. The fourth-order valence-corrected chi connectivity index (χ4v) is 4.77. The van der Waals surface area contributed by atoms with Crippen LogP contribution in [0.5, 0.6) is 5.75 Å². The van der Waals surface area contributed by atoms with Crippen LogP contribution in [0.3, 0.4) is 0 Å². The molecule has 0 aliphatic carbocycles. The first-order valence-electron chi connectivity index (χ1n) is 10.4. The van der Waals surface area contributed by atoms with Gasteiger partial charge in [-0.3, -0.25) is 9.36 Å². The van der Waals surface area contributed by atoms with Gasteiger partial charge in [0, 0.05) is 0 Å². The van der Waals surface area contributed by atoms with E-state index >= 15 is 0 Å². The molecular weight excluding hydrogens is 436 g/mol. The van der Waals surface area contributed by atoms with Gasteiger partial charge in [0.2, 0.25) is 0 Å². The highest BCUT2D eigenvalue weighted by Crippen LogP contribution is 2.31. The van der Waals surface area contributed by atoms with Crippen LogP contribution in [-0.4, -0.2) is 24.3 Å². The molecule has 0 bridgehead atoms. The van der Waals surface area contributed by atoms with Crippen molar-refractivity contribution in [3.8, 4) is 18.1 Å². The number of methoxy groups -OCH3 is 1. The lowest BCUT2D eigenvalue weighted by molar-refractivity contribution is -0.136. The number of esters is 1. The molecule has 6 nitrogen and oxygen atoms in total. The molecular formula is C26H22N2O4S. The van der Waals surface area contributed by atoms with E-state index in [-0.39, 0.29) is 12.2 Å². The highest BCUT2D eigenvalue weighted by atomic mass is 32.1. The second-order valence-electron chi connectivity index (χ2n) is 7.26. The number of fused-ring (bicyclic) bond motifs is 1. The molecule has 1 aliphatic rings. The molecule has 2 aromatic carbocycles. The van der Waals surface area contributed by atoms with Gasteiger partial charge in [-0.25, -0.2) is 9.79 Å². The Balaban J connectivity index is 1.87. The summed E-state index contributed by atoms with van der Waals surface area (Å²) in [6.45, 7) is 2.13. The quantitative estimate of drug-likeness (QED) is 0.421. The summed E-state index contributed by atoms with van der Waals surface area (Å²) in [5, 5.41) is 0. The first-order chi connectivity index (χ1) is 16.1. The van der Waals surface area contributed by atoms with Crippen molar-refractivity contribution in [2.24, 2.45) is 4.99 Å². The SMILES string of the molecule is C#CCOc1ccc(/C=c2\sc3n(c2=O)[C@H](c2ccccc2)C(C(=O)OC)=C(CC)N=3)cc1. The van der Waals surface area contributed by atoms with Gasteiger partial charge in [0.15, 0.2) is 4.80 Å². The molecule has 0 saturated carbocycles. The molecule has 33 heavy (non-hydrogen) atoms. The zero-order valence-corrected chi connectivity index (χ0v) is 19.1. The third kappa shape index (κ3) is 4.38. The van der Waals surface area contributed by atoms with Gasteiger partial charge in [-0.1, -0.05) is 66.6 Å². The number of thiazole rings is 1. The molecule has 1 atom stereocenters. The predicted octanol–water partition coefficient (Wildman–Crippen LogP) is 2.81. The minimum atomic E-state index is -0.605. The van der Waals surface area contributed by atoms with Crippen LogP contribution in [-0.2, 0) is 9.53 Å². The topological polar surface area (TPSA) is 69.9 Å². The third-order valence-electron chi connectivity index (χ3n) is 5.27. The van der Waals surface area contributed by atoms with Crippen LogP contribution in [0.4, 0.5) is 0 Å². The molecule has 1 aromatic heterocycles. The van der Waals surface area contributed by atoms with Gasteiger partial charge >= 0.3 is 5.97 Å². The number of aromatic nitrogens is 1. The maximum Gasteiger partial charge on any atom is 0.338 e. The van der Waals surface area contributed by atoms with Crippen molar-refractivity contribution >= 4 is 23.4 Å². The smallest absolute Gasteiger partial charge is 0.338 e. The summed E-state index contributed by atoms with van der Waals surface area (Å²) in [5.41, 5.74) is 2.46. The normalized spacial score (nSPS) is 15.4. The number of nitrogens with zero attached hydrogens (tertiary/aromatic N) is 2. The zero-order chi connectivity index (χ0) is 23.4. The molecule has 1 aliphatic heterocycles. The van der Waals surface area contributed by atoms with E-state index in [0.29, 0.717) is 32.8 Å². The van der Waals surface area contributed by atoms with E-state index in [4.69, 9.17) is 15.9 Å². The molecule has 0 amide bonds. The Morgan fingerprint density at radius 2 is 1.94 bits per heavy atom. The first kappa shape index (κ1) is 22.3. The molecule has 0 spiro atoms. The highest BCUT2D eigenvalue weighted by Gasteiger charge is 2.33. The van der Waals surface area contributed by atoms with E-state index in [1.54, 1.807) is 16.7 Å². The number of hydrogen-bond acceptors (Lipinski definition) is 6. The largest absolute Gasteiger partial charge is 0.481 e. The Kier molecular flexibility index (Phi) is 6.57. The molecule has 0 saturated heterocycles. The molecule has 4 rings (SSSR count). The van der Waals surface area contributed by atoms with Crippen LogP contribution < -0.4 is 19.6 Å². The van der Waals surface area contributed by atoms with Crippen molar-refractivity contribution in [3.63, 3.8) is 0 Å². The second kappa shape index (κ2) is 9.72. The average Bonchev–Trinajstić information content (AvgIpc) is 3.17. The lowest BCUT2D eigenvalue weighted by Crippen LogP contribution is -2.40. The van der Waals surface area contributed by atoms with Gasteiger partial charge in [0.05, 0.1) is 29.0 Å². The Labute approximate surface area is 195 Å². The van der Waals surface area contributed by atoms with Gasteiger partial charge < -0.3 is 9.47 Å². The number of ether oxygens (including phenoxy) is 2. The number of rotatable bonds is 6. The van der Waals surface area contributed by atoms with Crippen LogP contribution in [0.25, 0.3) is 6.08 Å². The molecule has 7 heteroatoms. The van der Waals surface area contributed by atoms with E-state index in [2.05, 4.69) is 10.9 Å². The summed E-state index contributed by atoms with van der Waals surface area (Å²) in [4.78, 5) is 31.5. The van der Waals surface area contributed by atoms with Crippen molar-refractivity contribution in [2.45, 2.75) is 19.4 Å². The number of carbonyl (C=O) groups excluding carboxylic acids is 1. The van der Waals surface area contributed by atoms with Crippen LogP contribution >= 0.6 is 11.3 Å². The van der Waals surface area contributed by atoms with Gasteiger partial charge in [-0.05, 0) is 35.8 Å². The van der Waals surface area contributed by atoms with Crippen molar-refractivity contribution in [1.82, 2.24) is 4.57 Å². The van der Waals surface area contributed by atoms with E-state index in [1.807, 2.05) is 55.5 Å². The van der Waals surface area contributed by atoms with E-state index in [1.165, 1.54) is 18.4 Å². The minimum Gasteiger partial charge on any atom is -0.481 e. The van der Waals surface area contributed by atoms with Crippen molar-refractivity contribution in [3.05, 3.63) is 96.7 Å². The number of carbonyl (C=O) groups is 1. The van der Waals surface area contributed by atoms with E-state index < -0.39 is 12.0 Å². The second-order valence-corrected chi connectivity index (χ2v) is 8.27. The van der Waals surface area contributed by atoms with Crippen molar-refractivity contribution < 1.29 is 14.3 Å². The fourth-order valence-electron chi connectivity index (χ4n) is 3.75. The summed E-state index contributed by atoms with van der Waals surface area (Å²) in [6.07, 6.45) is 7.57. The Hall–Kier alpha value is -3.89. The summed E-state index contributed by atoms with van der Waals surface area (Å²) in [7, 11) is 1.34. The lowest BCUT2D eigenvalue weighted by Gasteiger charge is -2.25. The Morgan fingerprint density at radius 1 is 1.21 bits per heavy atom. The van der Waals surface area contributed by atoms with Crippen LogP contribution in [0.15, 0.2) is 75.7 Å². The third-order valence-corrected chi connectivity index (χ3v) is 6.25. The monoisotopic (exact) mass is 458 g/mol. The van der Waals surface area contributed by atoms with Crippen molar-refractivity contribution in [1.29, 1.82) is 0 Å². The van der Waals surface area contributed by atoms with Crippen LogP contribution in [0, 0.1) is 12.3 Å². The number of benzene rings is 2. The van der Waals surface area contributed by atoms with Crippen LogP contribution in [0.2, 0.25) is 0 Å². The standard InChI is InChI=1S/C26H22N2O4S/c1-4-15-32-19-13-11-17(12-14-19)16-21-24(29)28-23(18-9-7-6-8-10-18)22(25(30)31-3)20(5-2)27-26(28)33-21/h1,6-14,16,23H,5,15H2,2-3H3/b21-16-/t23-/m1/s1. The maximum absolute atomic E-state index is 13.5. The number of terminal acetylenes is 1.